The van der Waals surface area contributed by atoms with Gasteiger partial charge in [-0.1, -0.05) is 121 Å². The molecule has 0 aliphatic rings. The van der Waals surface area contributed by atoms with E-state index in [4.69, 9.17) is 15.0 Å². The van der Waals surface area contributed by atoms with Crippen molar-refractivity contribution in [3.8, 4) is 45.3 Å². The molecule has 4 aromatic carbocycles. The number of rotatable bonds is 4. The predicted octanol–water partition coefficient (Wildman–Crippen LogP) is 8.04. The van der Waals surface area contributed by atoms with Gasteiger partial charge in [-0.2, -0.15) is 0 Å². The third kappa shape index (κ3) is 5.51. The van der Waals surface area contributed by atoms with Gasteiger partial charge in [0.2, 0.25) is 0 Å². The Morgan fingerprint density at radius 1 is 0.500 bits per heavy atom. The zero-order valence-electron chi connectivity index (χ0n) is 19.5. The fourth-order valence-corrected chi connectivity index (χ4v) is 3.57. The molecule has 166 valence electrons. The summed E-state index contributed by atoms with van der Waals surface area (Å²) < 4.78 is 0. The Morgan fingerprint density at radius 2 is 0.882 bits per heavy atom. The van der Waals surface area contributed by atoms with Crippen LogP contribution in [0.2, 0.25) is 0 Å². The summed E-state index contributed by atoms with van der Waals surface area (Å²) in [5, 5.41) is 0. The Bertz CT molecular complexity index is 1300. The van der Waals surface area contributed by atoms with Crippen LogP contribution in [-0.4, -0.2) is 15.0 Å². The highest BCUT2D eigenvalue weighted by Gasteiger charge is 2.12. The lowest BCUT2D eigenvalue weighted by molar-refractivity contribution is 1.07. The van der Waals surface area contributed by atoms with Crippen LogP contribution in [-0.2, 0) is 0 Å². The van der Waals surface area contributed by atoms with Gasteiger partial charge in [0.1, 0.15) is 0 Å². The smallest absolute Gasteiger partial charge is 0.164 e. The molecule has 5 rings (SSSR count). The molecule has 0 aliphatic carbocycles. The van der Waals surface area contributed by atoms with E-state index in [0.29, 0.717) is 17.5 Å². The first-order valence-corrected chi connectivity index (χ1v) is 11.3. The molecule has 5 aromatic rings. The maximum atomic E-state index is 4.79. The van der Waals surface area contributed by atoms with Gasteiger partial charge in [-0.25, -0.2) is 15.0 Å². The zero-order chi connectivity index (χ0) is 23.8. The van der Waals surface area contributed by atoms with Crippen molar-refractivity contribution in [2.75, 3.05) is 0 Å². The summed E-state index contributed by atoms with van der Waals surface area (Å²) in [6.45, 7) is 7.36. The van der Waals surface area contributed by atoms with Gasteiger partial charge in [-0.05, 0) is 25.0 Å². The normalized spacial score (nSPS) is 10.2. The molecule has 0 unspecified atom stereocenters. The monoisotopic (exact) mass is 441 g/mol. The van der Waals surface area contributed by atoms with Gasteiger partial charge in [-0.3, -0.25) is 0 Å². The van der Waals surface area contributed by atoms with E-state index in [0.717, 1.165) is 16.7 Å². The molecular weight excluding hydrogens is 414 g/mol. The summed E-state index contributed by atoms with van der Waals surface area (Å²) in [5.74, 6) is 2.02. The molecule has 0 fully saturated rings. The Kier molecular flexibility index (Phi) is 7.36. The lowest BCUT2D eigenvalue weighted by Gasteiger charge is -2.09. The third-order valence-corrected chi connectivity index (χ3v) is 5.19. The van der Waals surface area contributed by atoms with Crippen LogP contribution in [0.25, 0.3) is 45.3 Å². The zero-order valence-corrected chi connectivity index (χ0v) is 19.5. The van der Waals surface area contributed by atoms with Gasteiger partial charge >= 0.3 is 0 Å². The van der Waals surface area contributed by atoms with E-state index in [9.17, 15) is 0 Å². The van der Waals surface area contributed by atoms with E-state index < -0.39 is 0 Å². The average molecular weight is 442 g/mol. The Morgan fingerprint density at radius 3 is 1.32 bits per heavy atom. The number of benzene rings is 4. The maximum Gasteiger partial charge on any atom is 0.164 e. The van der Waals surface area contributed by atoms with E-state index >= 15 is 0 Å². The lowest BCUT2D eigenvalue weighted by Crippen LogP contribution is -2.00. The van der Waals surface area contributed by atoms with Crippen LogP contribution >= 0.6 is 0 Å². The molecular formula is C31H27N3. The lowest BCUT2D eigenvalue weighted by atomic mass is 10.0. The van der Waals surface area contributed by atoms with Crippen molar-refractivity contribution < 1.29 is 0 Å². The minimum absolute atomic E-state index is 0.670. The number of hydrogen-bond donors (Lipinski definition) is 0. The van der Waals surface area contributed by atoms with Crippen molar-refractivity contribution in [1.29, 1.82) is 0 Å². The van der Waals surface area contributed by atoms with Crippen molar-refractivity contribution in [3.05, 3.63) is 127 Å². The SMILES string of the molecule is C=CC.Cc1cccc(-c2ccc(-c3nc(-c4ccccc4)nc(-c4ccccc4)n3)cc2)c1. The standard InChI is InChI=1S/C28H21N3.C3H6/c1-20-9-8-14-25(19-20)21-15-17-24(18-16-21)28-30-26(22-10-4-2-5-11-22)29-27(31-28)23-12-6-3-7-13-23;1-3-2/h2-19H,1H3;3H,1H2,2H3. The van der Waals surface area contributed by atoms with Crippen LogP contribution in [0.1, 0.15) is 12.5 Å². The van der Waals surface area contributed by atoms with Crippen molar-refractivity contribution in [2.45, 2.75) is 13.8 Å². The van der Waals surface area contributed by atoms with Crippen molar-refractivity contribution in [2.24, 2.45) is 0 Å². The molecule has 0 N–H and O–H groups in total. The molecule has 0 radical (unpaired) electrons. The van der Waals surface area contributed by atoms with E-state index in [1.807, 2.05) is 67.6 Å². The Balaban J connectivity index is 0.000000868. The van der Waals surface area contributed by atoms with E-state index in [1.54, 1.807) is 6.08 Å². The maximum absolute atomic E-state index is 4.79. The summed E-state index contributed by atoms with van der Waals surface area (Å²) in [4.78, 5) is 14.3. The molecule has 0 saturated heterocycles. The van der Waals surface area contributed by atoms with Gasteiger partial charge < -0.3 is 0 Å². The molecule has 1 aromatic heterocycles. The van der Waals surface area contributed by atoms with Gasteiger partial charge in [0.25, 0.3) is 0 Å². The Labute approximate surface area is 201 Å². The molecule has 0 atom stereocenters. The van der Waals surface area contributed by atoms with Crippen molar-refractivity contribution >= 4 is 0 Å². The molecule has 1 heterocycles. The second-order valence-electron chi connectivity index (χ2n) is 7.89. The second-order valence-corrected chi connectivity index (χ2v) is 7.89. The van der Waals surface area contributed by atoms with Crippen LogP contribution in [0.3, 0.4) is 0 Å². The average Bonchev–Trinajstić information content (AvgIpc) is 2.90. The first kappa shape index (κ1) is 22.8. The van der Waals surface area contributed by atoms with Gasteiger partial charge in [-0.15, -0.1) is 6.58 Å². The highest BCUT2D eigenvalue weighted by atomic mass is 15.0. The third-order valence-electron chi connectivity index (χ3n) is 5.19. The van der Waals surface area contributed by atoms with Gasteiger partial charge in [0.05, 0.1) is 0 Å². The number of aromatic nitrogens is 3. The fourth-order valence-electron chi connectivity index (χ4n) is 3.57. The predicted molar refractivity (Wildman–Crippen MR) is 142 cm³/mol. The molecule has 3 nitrogen and oxygen atoms in total. The van der Waals surface area contributed by atoms with Crippen LogP contribution in [0.15, 0.2) is 122 Å². The summed E-state index contributed by atoms with van der Waals surface area (Å²) >= 11 is 0. The van der Waals surface area contributed by atoms with Crippen LogP contribution in [0, 0.1) is 6.92 Å². The summed E-state index contributed by atoms with van der Waals surface area (Å²) in [6.07, 6.45) is 1.75. The first-order valence-electron chi connectivity index (χ1n) is 11.3. The Hall–Kier alpha value is -4.37. The number of nitrogens with zero attached hydrogens (tertiary/aromatic N) is 3. The second kappa shape index (κ2) is 11.0. The van der Waals surface area contributed by atoms with Crippen LogP contribution < -0.4 is 0 Å². The number of hydrogen-bond acceptors (Lipinski definition) is 3. The fraction of sp³-hybridized carbons (Fsp3) is 0.0645. The molecule has 0 spiro atoms. The van der Waals surface area contributed by atoms with Gasteiger partial charge in [0, 0.05) is 16.7 Å². The highest BCUT2D eigenvalue weighted by Crippen LogP contribution is 2.27. The van der Waals surface area contributed by atoms with Gasteiger partial charge in [0.15, 0.2) is 17.5 Å². The summed E-state index contributed by atoms with van der Waals surface area (Å²) in [6, 6.07) is 37.0. The summed E-state index contributed by atoms with van der Waals surface area (Å²) in [5.41, 5.74) is 6.54. The van der Waals surface area contributed by atoms with E-state index in [1.165, 1.54) is 16.7 Å². The van der Waals surface area contributed by atoms with Crippen molar-refractivity contribution in [1.82, 2.24) is 15.0 Å². The molecule has 3 heteroatoms. The van der Waals surface area contributed by atoms with Crippen molar-refractivity contribution in [3.63, 3.8) is 0 Å². The van der Waals surface area contributed by atoms with Crippen LogP contribution in [0.4, 0.5) is 0 Å². The highest BCUT2D eigenvalue weighted by molar-refractivity contribution is 5.70. The quantitative estimate of drug-likeness (QED) is 0.265. The topological polar surface area (TPSA) is 38.7 Å². The number of allylic oxidation sites excluding steroid dienone is 1. The van der Waals surface area contributed by atoms with Crippen LogP contribution in [0.5, 0.6) is 0 Å². The minimum atomic E-state index is 0.670. The van der Waals surface area contributed by atoms with E-state index in [-0.39, 0.29) is 0 Å². The minimum Gasteiger partial charge on any atom is -0.208 e. The molecule has 0 aliphatic heterocycles. The molecule has 0 amide bonds. The first-order chi connectivity index (χ1) is 16.7. The molecule has 34 heavy (non-hydrogen) atoms. The largest absolute Gasteiger partial charge is 0.208 e. The molecule has 0 saturated carbocycles. The molecule has 0 bridgehead atoms. The summed E-state index contributed by atoms with van der Waals surface area (Å²) in [7, 11) is 0. The van der Waals surface area contributed by atoms with E-state index in [2.05, 4.69) is 62.0 Å². The number of aryl methyl sites for hydroxylation is 1.